The molecule has 2 atom stereocenters. The summed E-state index contributed by atoms with van der Waals surface area (Å²) in [5.41, 5.74) is 2.13. The van der Waals surface area contributed by atoms with Crippen molar-refractivity contribution in [3.63, 3.8) is 0 Å². The average molecular weight is 521 g/mol. The highest BCUT2D eigenvalue weighted by Crippen LogP contribution is 2.47. The number of hydrogen-bond donors (Lipinski definition) is 1. The van der Waals surface area contributed by atoms with Crippen molar-refractivity contribution in [1.29, 1.82) is 0 Å². The summed E-state index contributed by atoms with van der Waals surface area (Å²) in [4.78, 5) is 29.3. The maximum atomic E-state index is 14.1. The molecule has 0 saturated carbocycles. The van der Waals surface area contributed by atoms with Crippen molar-refractivity contribution in [3.8, 4) is 28.7 Å². The highest BCUT2D eigenvalue weighted by Gasteiger charge is 2.44. The Bertz CT molecular complexity index is 1340. The van der Waals surface area contributed by atoms with Crippen molar-refractivity contribution in [1.82, 2.24) is 4.90 Å². The molecule has 1 aliphatic heterocycles. The standard InChI is InChI=1S/C29H32N2O7/c1-7-38-21-11-9-8-10-20(21)30-28(32)26-18-15-24(36-5)25(37-6)16-19(18)29(33)31(2)27(26)17-12-13-22(34-3)23(14-17)35-4/h8-16,26-27H,7H2,1-6H3,(H,30,32)/t26-,27+/m0/s1. The van der Waals surface area contributed by atoms with Gasteiger partial charge in [0, 0.05) is 12.6 Å². The highest BCUT2D eigenvalue weighted by molar-refractivity contribution is 6.05. The van der Waals surface area contributed by atoms with Gasteiger partial charge in [-0.15, -0.1) is 0 Å². The van der Waals surface area contributed by atoms with E-state index in [2.05, 4.69) is 5.32 Å². The first-order chi connectivity index (χ1) is 18.4. The molecule has 0 aromatic heterocycles. The number of nitrogens with one attached hydrogen (secondary N) is 1. The topological polar surface area (TPSA) is 95.6 Å². The first kappa shape index (κ1) is 26.7. The summed E-state index contributed by atoms with van der Waals surface area (Å²) in [5.74, 6) is 1.04. The predicted molar refractivity (Wildman–Crippen MR) is 143 cm³/mol. The van der Waals surface area contributed by atoms with Crippen LogP contribution in [0, 0.1) is 0 Å². The molecular weight excluding hydrogens is 488 g/mol. The van der Waals surface area contributed by atoms with Crippen molar-refractivity contribution in [3.05, 3.63) is 71.3 Å². The number of rotatable bonds is 9. The van der Waals surface area contributed by atoms with E-state index in [0.29, 0.717) is 57.7 Å². The second-order valence-electron chi connectivity index (χ2n) is 8.67. The van der Waals surface area contributed by atoms with Gasteiger partial charge in [0.15, 0.2) is 23.0 Å². The lowest BCUT2D eigenvalue weighted by atomic mass is 9.79. The first-order valence-electron chi connectivity index (χ1n) is 12.2. The number of benzene rings is 3. The number of para-hydroxylation sites is 2. The molecule has 1 N–H and O–H groups in total. The van der Waals surface area contributed by atoms with Gasteiger partial charge in [0.05, 0.1) is 52.7 Å². The Morgan fingerprint density at radius 2 is 1.47 bits per heavy atom. The number of amides is 2. The average Bonchev–Trinajstić information content (AvgIpc) is 2.94. The molecular formula is C29H32N2O7. The fourth-order valence-electron chi connectivity index (χ4n) is 4.85. The zero-order chi connectivity index (χ0) is 27.4. The van der Waals surface area contributed by atoms with Gasteiger partial charge < -0.3 is 33.9 Å². The minimum Gasteiger partial charge on any atom is -0.493 e. The predicted octanol–water partition coefficient (Wildman–Crippen LogP) is 4.67. The van der Waals surface area contributed by atoms with Crippen LogP contribution < -0.4 is 29.0 Å². The molecule has 0 unspecified atom stereocenters. The SMILES string of the molecule is CCOc1ccccc1NC(=O)[C@H]1c2cc(OC)c(OC)cc2C(=O)N(C)[C@@H]1c1ccc(OC)c(OC)c1. The van der Waals surface area contributed by atoms with Gasteiger partial charge in [-0.05, 0) is 54.4 Å². The lowest BCUT2D eigenvalue weighted by molar-refractivity contribution is -0.119. The van der Waals surface area contributed by atoms with Crippen LogP contribution in [0.3, 0.4) is 0 Å². The van der Waals surface area contributed by atoms with E-state index in [4.69, 9.17) is 23.7 Å². The number of carbonyl (C=O) groups is 2. The van der Waals surface area contributed by atoms with E-state index in [1.165, 1.54) is 14.2 Å². The lowest BCUT2D eigenvalue weighted by Crippen LogP contribution is -2.44. The van der Waals surface area contributed by atoms with Gasteiger partial charge >= 0.3 is 0 Å². The Hall–Kier alpha value is -4.40. The summed E-state index contributed by atoms with van der Waals surface area (Å²) < 4.78 is 27.6. The van der Waals surface area contributed by atoms with Gasteiger partial charge in [-0.25, -0.2) is 0 Å². The largest absolute Gasteiger partial charge is 0.493 e. The summed E-state index contributed by atoms with van der Waals surface area (Å²) in [6.45, 7) is 2.32. The van der Waals surface area contributed by atoms with Crippen LogP contribution in [0.15, 0.2) is 54.6 Å². The van der Waals surface area contributed by atoms with Gasteiger partial charge in [-0.2, -0.15) is 0 Å². The summed E-state index contributed by atoms with van der Waals surface area (Å²) >= 11 is 0. The first-order valence-corrected chi connectivity index (χ1v) is 12.2. The number of ether oxygens (including phenoxy) is 5. The summed E-state index contributed by atoms with van der Waals surface area (Å²) in [6, 6.07) is 15.3. The third-order valence-electron chi connectivity index (χ3n) is 6.65. The lowest BCUT2D eigenvalue weighted by Gasteiger charge is -2.40. The normalized spacial score (nSPS) is 16.4. The monoisotopic (exact) mass is 520 g/mol. The second kappa shape index (κ2) is 11.3. The Morgan fingerprint density at radius 1 is 0.842 bits per heavy atom. The van der Waals surface area contributed by atoms with E-state index >= 15 is 0 Å². The minimum absolute atomic E-state index is 0.250. The molecule has 2 amide bonds. The van der Waals surface area contributed by atoms with Gasteiger partial charge in [0.2, 0.25) is 5.91 Å². The Balaban J connectivity index is 1.90. The van der Waals surface area contributed by atoms with Gasteiger partial charge in [-0.3, -0.25) is 9.59 Å². The number of nitrogens with zero attached hydrogens (tertiary/aromatic N) is 1. The van der Waals surface area contributed by atoms with Gasteiger partial charge in [0.1, 0.15) is 5.75 Å². The van der Waals surface area contributed by atoms with Crippen LogP contribution in [0.2, 0.25) is 0 Å². The molecule has 1 aliphatic rings. The summed E-state index contributed by atoms with van der Waals surface area (Å²) in [7, 11) is 7.79. The molecule has 0 radical (unpaired) electrons. The van der Waals surface area contributed by atoms with E-state index in [9.17, 15) is 9.59 Å². The van der Waals surface area contributed by atoms with Crippen LogP contribution in [0.25, 0.3) is 0 Å². The molecule has 0 saturated heterocycles. The maximum Gasteiger partial charge on any atom is 0.254 e. The number of fused-ring (bicyclic) bond motifs is 1. The third-order valence-corrected chi connectivity index (χ3v) is 6.65. The molecule has 38 heavy (non-hydrogen) atoms. The van der Waals surface area contributed by atoms with E-state index in [0.717, 1.165) is 0 Å². The van der Waals surface area contributed by atoms with Crippen molar-refractivity contribution in [2.45, 2.75) is 18.9 Å². The molecule has 0 spiro atoms. The maximum absolute atomic E-state index is 14.1. The molecule has 3 aromatic carbocycles. The Kier molecular flexibility index (Phi) is 7.95. The molecule has 1 heterocycles. The number of likely N-dealkylation sites (N-methyl/N-ethyl adjacent to an activating group) is 1. The van der Waals surface area contributed by atoms with Crippen molar-refractivity contribution < 1.29 is 33.3 Å². The molecule has 3 aromatic rings. The van der Waals surface area contributed by atoms with Crippen LogP contribution in [0.5, 0.6) is 28.7 Å². The molecule has 0 bridgehead atoms. The van der Waals surface area contributed by atoms with Gasteiger partial charge in [-0.1, -0.05) is 18.2 Å². The molecule has 200 valence electrons. The number of methoxy groups -OCH3 is 4. The molecule has 4 rings (SSSR count). The number of anilines is 1. The van der Waals surface area contributed by atoms with E-state index in [-0.39, 0.29) is 11.8 Å². The van der Waals surface area contributed by atoms with Crippen LogP contribution in [0.1, 0.15) is 40.4 Å². The van der Waals surface area contributed by atoms with Crippen LogP contribution in [-0.4, -0.2) is 58.8 Å². The number of hydrogen-bond acceptors (Lipinski definition) is 7. The van der Waals surface area contributed by atoms with Crippen molar-refractivity contribution >= 4 is 17.5 Å². The fraction of sp³-hybridized carbons (Fsp3) is 0.310. The van der Waals surface area contributed by atoms with E-state index in [1.54, 1.807) is 62.6 Å². The molecule has 9 heteroatoms. The van der Waals surface area contributed by atoms with Crippen molar-refractivity contribution in [2.75, 3.05) is 47.4 Å². The highest BCUT2D eigenvalue weighted by atomic mass is 16.5. The molecule has 9 nitrogen and oxygen atoms in total. The summed E-state index contributed by atoms with van der Waals surface area (Å²) in [5, 5.41) is 3.03. The van der Waals surface area contributed by atoms with Crippen LogP contribution in [0.4, 0.5) is 5.69 Å². The zero-order valence-corrected chi connectivity index (χ0v) is 22.4. The minimum atomic E-state index is -0.805. The zero-order valence-electron chi connectivity index (χ0n) is 22.4. The third kappa shape index (κ3) is 4.79. The molecule has 0 fully saturated rings. The van der Waals surface area contributed by atoms with E-state index in [1.807, 2.05) is 25.1 Å². The van der Waals surface area contributed by atoms with Gasteiger partial charge in [0.25, 0.3) is 5.91 Å². The van der Waals surface area contributed by atoms with Crippen LogP contribution >= 0.6 is 0 Å². The Labute approximate surface area is 222 Å². The fourth-order valence-corrected chi connectivity index (χ4v) is 4.85. The van der Waals surface area contributed by atoms with Crippen LogP contribution in [-0.2, 0) is 4.79 Å². The smallest absolute Gasteiger partial charge is 0.254 e. The van der Waals surface area contributed by atoms with Crippen molar-refractivity contribution in [2.24, 2.45) is 0 Å². The Morgan fingerprint density at radius 3 is 2.13 bits per heavy atom. The second-order valence-corrected chi connectivity index (χ2v) is 8.67. The molecule has 0 aliphatic carbocycles. The summed E-state index contributed by atoms with van der Waals surface area (Å²) in [6.07, 6.45) is 0. The number of carbonyl (C=O) groups excluding carboxylic acids is 2. The van der Waals surface area contributed by atoms with E-state index < -0.39 is 12.0 Å². The quantitative estimate of drug-likeness (QED) is 0.438.